The molecule has 1 aliphatic rings. The zero-order valence-corrected chi connectivity index (χ0v) is 16.7. The van der Waals surface area contributed by atoms with E-state index < -0.39 is 0 Å². The number of methoxy groups -OCH3 is 1. The van der Waals surface area contributed by atoms with Gasteiger partial charge in [-0.2, -0.15) is 0 Å². The van der Waals surface area contributed by atoms with Crippen LogP contribution >= 0.6 is 0 Å². The molecule has 2 atom stereocenters. The molecule has 0 aromatic heterocycles. The molecule has 1 aliphatic carbocycles. The zero-order valence-electron chi connectivity index (χ0n) is 16.7. The van der Waals surface area contributed by atoms with Crippen LogP contribution in [0.1, 0.15) is 37.3 Å². The summed E-state index contributed by atoms with van der Waals surface area (Å²) in [7, 11) is 1.64. The van der Waals surface area contributed by atoms with E-state index in [1.807, 2.05) is 48.5 Å². The molecule has 0 saturated heterocycles. The molecular formula is C23H28N2O3. The third-order valence-electron chi connectivity index (χ3n) is 5.18. The fourth-order valence-electron chi connectivity index (χ4n) is 3.21. The average molecular weight is 380 g/mol. The van der Waals surface area contributed by atoms with E-state index in [0.29, 0.717) is 18.9 Å². The van der Waals surface area contributed by atoms with Crippen molar-refractivity contribution in [3.8, 4) is 5.75 Å². The molecule has 0 bridgehead atoms. The predicted molar refractivity (Wildman–Crippen MR) is 110 cm³/mol. The lowest BCUT2D eigenvalue weighted by atomic mass is 10.0. The largest absolute Gasteiger partial charge is 0.497 e. The van der Waals surface area contributed by atoms with Crippen molar-refractivity contribution in [1.29, 1.82) is 0 Å². The quantitative estimate of drug-likeness (QED) is 0.733. The lowest BCUT2D eigenvalue weighted by Gasteiger charge is -2.09. The van der Waals surface area contributed by atoms with Crippen LogP contribution in [-0.4, -0.2) is 25.5 Å². The SMILES string of the molecule is COc1ccc(CCNC(=O)C2CC2C(=O)Nc2ccc(C(C)C)cc2)cc1. The maximum absolute atomic E-state index is 12.4. The summed E-state index contributed by atoms with van der Waals surface area (Å²) in [5, 5.41) is 5.86. The number of carbonyl (C=O) groups excluding carboxylic acids is 2. The summed E-state index contributed by atoms with van der Waals surface area (Å²) in [6.07, 6.45) is 1.37. The Morgan fingerprint density at radius 1 is 1.00 bits per heavy atom. The summed E-state index contributed by atoms with van der Waals surface area (Å²) in [6, 6.07) is 15.7. The van der Waals surface area contributed by atoms with Gasteiger partial charge in [0.1, 0.15) is 5.75 Å². The van der Waals surface area contributed by atoms with Crippen molar-refractivity contribution in [1.82, 2.24) is 5.32 Å². The third-order valence-corrected chi connectivity index (χ3v) is 5.18. The molecule has 0 spiro atoms. The highest BCUT2D eigenvalue weighted by atomic mass is 16.5. The van der Waals surface area contributed by atoms with Gasteiger partial charge in [-0.05, 0) is 54.2 Å². The van der Waals surface area contributed by atoms with E-state index in [2.05, 4.69) is 24.5 Å². The van der Waals surface area contributed by atoms with E-state index in [-0.39, 0.29) is 23.7 Å². The van der Waals surface area contributed by atoms with Crippen LogP contribution in [0.4, 0.5) is 5.69 Å². The third kappa shape index (κ3) is 5.12. The van der Waals surface area contributed by atoms with Gasteiger partial charge in [-0.1, -0.05) is 38.1 Å². The van der Waals surface area contributed by atoms with E-state index in [4.69, 9.17) is 4.74 Å². The minimum atomic E-state index is -0.231. The lowest BCUT2D eigenvalue weighted by molar-refractivity contribution is -0.125. The number of carbonyl (C=O) groups is 2. The number of rotatable bonds is 8. The van der Waals surface area contributed by atoms with Gasteiger partial charge in [-0.25, -0.2) is 0 Å². The molecular weight excluding hydrogens is 352 g/mol. The first-order valence-electron chi connectivity index (χ1n) is 9.79. The van der Waals surface area contributed by atoms with Gasteiger partial charge < -0.3 is 15.4 Å². The van der Waals surface area contributed by atoms with Crippen LogP contribution in [0.5, 0.6) is 5.75 Å². The molecule has 0 aliphatic heterocycles. The number of amides is 2. The van der Waals surface area contributed by atoms with Crippen LogP contribution in [0.2, 0.25) is 0 Å². The average Bonchev–Trinajstić information content (AvgIpc) is 3.50. The predicted octanol–water partition coefficient (Wildman–Crippen LogP) is 3.75. The summed E-state index contributed by atoms with van der Waals surface area (Å²) < 4.78 is 5.14. The molecule has 2 aromatic rings. The minimum Gasteiger partial charge on any atom is -0.497 e. The van der Waals surface area contributed by atoms with Crippen LogP contribution in [0.25, 0.3) is 0 Å². The molecule has 2 amide bonds. The normalized spacial score (nSPS) is 17.9. The van der Waals surface area contributed by atoms with E-state index in [0.717, 1.165) is 23.4 Å². The van der Waals surface area contributed by atoms with Crippen LogP contribution in [0.3, 0.4) is 0 Å². The van der Waals surface area contributed by atoms with Gasteiger partial charge in [0.05, 0.1) is 18.9 Å². The van der Waals surface area contributed by atoms with Crippen molar-refractivity contribution in [3.05, 3.63) is 59.7 Å². The molecule has 28 heavy (non-hydrogen) atoms. The van der Waals surface area contributed by atoms with Gasteiger partial charge in [0.2, 0.25) is 11.8 Å². The monoisotopic (exact) mass is 380 g/mol. The molecule has 1 fully saturated rings. The highest BCUT2D eigenvalue weighted by molar-refractivity contribution is 5.99. The van der Waals surface area contributed by atoms with E-state index >= 15 is 0 Å². The Morgan fingerprint density at radius 3 is 2.25 bits per heavy atom. The van der Waals surface area contributed by atoms with E-state index in [1.165, 1.54) is 5.56 Å². The molecule has 3 rings (SSSR count). The first kappa shape index (κ1) is 19.9. The summed E-state index contributed by atoms with van der Waals surface area (Å²) in [6.45, 7) is 4.83. The highest BCUT2D eigenvalue weighted by Gasteiger charge is 2.47. The Morgan fingerprint density at radius 2 is 1.64 bits per heavy atom. The maximum atomic E-state index is 12.4. The molecule has 5 nitrogen and oxygen atoms in total. The summed E-state index contributed by atoms with van der Waals surface area (Å²) in [5.41, 5.74) is 3.15. The Hall–Kier alpha value is -2.82. The highest BCUT2D eigenvalue weighted by Crippen LogP contribution is 2.39. The number of ether oxygens (including phenoxy) is 1. The number of nitrogens with one attached hydrogen (secondary N) is 2. The second kappa shape index (κ2) is 8.91. The van der Waals surface area contributed by atoms with Gasteiger partial charge in [0.25, 0.3) is 0 Å². The van der Waals surface area contributed by atoms with Crippen LogP contribution in [-0.2, 0) is 16.0 Å². The van der Waals surface area contributed by atoms with Gasteiger partial charge >= 0.3 is 0 Å². The number of benzene rings is 2. The minimum absolute atomic E-state index is 0.0381. The maximum Gasteiger partial charge on any atom is 0.228 e. The van der Waals surface area contributed by atoms with Gasteiger partial charge in [0.15, 0.2) is 0 Å². The Balaban J connectivity index is 1.41. The number of hydrogen-bond acceptors (Lipinski definition) is 3. The Labute approximate surface area is 166 Å². The van der Waals surface area contributed by atoms with Crippen molar-refractivity contribution < 1.29 is 14.3 Å². The van der Waals surface area contributed by atoms with Crippen molar-refractivity contribution >= 4 is 17.5 Å². The fourth-order valence-corrected chi connectivity index (χ4v) is 3.21. The molecule has 2 unspecified atom stereocenters. The Bertz CT molecular complexity index is 813. The Kier molecular flexibility index (Phi) is 6.34. The smallest absolute Gasteiger partial charge is 0.228 e. The second-order valence-corrected chi connectivity index (χ2v) is 7.60. The molecule has 5 heteroatoms. The van der Waals surface area contributed by atoms with E-state index in [9.17, 15) is 9.59 Å². The molecule has 148 valence electrons. The molecule has 1 saturated carbocycles. The van der Waals surface area contributed by atoms with Crippen LogP contribution in [0.15, 0.2) is 48.5 Å². The van der Waals surface area contributed by atoms with Crippen molar-refractivity contribution in [2.75, 3.05) is 19.0 Å². The lowest BCUT2D eigenvalue weighted by Crippen LogP contribution is -2.29. The van der Waals surface area contributed by atoms with Crippen molar-refractivity contribution in [2.24, 2.45) is 11.8 Å². The molecule has 2 aromatic carbocycles. The summed E-state index contributed by atoms with van der Waals surface area (Å²) >= 11 is 0. The zero-order chi connectivity index (χ0) is 20.1. The first-order chi connectivity index (χ1) is 13.5. The molecule has 2 N–H and O–H groups in total. The number of hydrogen-bond donors (Lipinski definition) is 2. The van der Waals surface area contributed by atoms with Gasteiger partial charge in [0, 0.05) is 12.2 Å². The second-order valence-electron chi connectivity index (χ2n) is 7.60. The van der Waals surface area contributed by atoms with Gasteiger partial charge in [-0.15, -0.1) is 0 Å². The summed E-state index contributed by atoms with van der Waals surface area (Å²) in [4.78, 5) is 24.6. The van der Waals surface area contributed by atoms with E-state index in [1.54, 1.807) is 7.11 Å². The topological polar surface area (TPSA) is 67.4 Å². The summed E-state index contributed by atoms with van der Waals surface area (Å²) in [5.74, 6) is 0.714. The van der Waals surface area contributed by atoms with Crippen LogP contribution < -0.4 is 15.4 Å². The first-order valence-corrected chi connectivity index (χ1v) is 9.79. The fraction of sp³-hybridized carbons (Fsp3) is 0.391. The van der Waals surface area contributed by atoms with Crippen LogP contribution in [0, 0.1) is 11.8 Å². The standard InChI is InChI=1S/C23H28N2O3/c1-15(2)17-6-8-18(9-7-17)25-23(27)21-14-20(21)22(26)24-13-12-16-4-10-19(28-3)11-5-16/h4-11,15,20-21H,12-14H2,1-3H3,(H,24,26)(H,25,27). The van der Waals surface area contributed by atoms with Crippen molar-refractivity contribution in [3.63, 3.8) is 0 Å². The van der Waals surface area contributed by atoms with Crippen molar-refractivity contribution in [2.45, 2.75) is 32.6 Å². The molecule has 0 radical (unpaired) electrons. The number of anilines is 1. The molecule has 0 heterocycles. The van der Waals surface area contributed by atoms with Gasteiger partial charge in [-0.3, -0.25) is 9.59 Å².